The summed E-state index contributed by atoms with van der Waals surface area (Å²) in [6.45, 7) is 10.4. The van der Waals surface area contributed by atoms with Gasteiger partial charge in [0.1, 0.15) is 18.1 Å². The number of hydrogen-bond acceptors (Lipinski definition) is 4. The molecule has 6 nitrogen and oxygen atoms in total. The SMILES string of the molecule is CCNC(=NCc1nc(C)c(C)o1)NCCCOc1ccc(Cl)cc1C. The molecule has 0 atom stereocenters. The quantitative estimate of drug-likeness (QED) is 0.415. The summed E-state index contributed by atoms with van der Waals surface area (Å²) in [6.07, 6.45) is 0.851. The van der Waals surface area contributed by atoms with Crippen LogP contribution in [0.2, 0.25) is 5.02 Å². The van der Waals surface area contributed by atoms with E-state index in [0.717, 1.165) is 53.3 Å². The van der Waals surface area contributed by atoms with Crippen LogP contribution in [0.3, 0.4) is 0 Å². The fraction of sp³-hybridized carbons (Fsp3) is 0.474. The number of nitrogens with zero attached hydrogens (tertiary/aromatic N) is 2. The predicted octanol–water partition coefficient (Wildman–Crippen LogP) is 3.78. The Hall–Kier alpha value is -2.21. The normalized spacial score (nSPS) is 11.5. The first-order valence-corrected chi connectivity index (χ1v) is 9.21. The van der Waals surface area contributed by atoms with Crippen LogP contribution >= 0.6 is 11.6 Å². The van der Waals surface area contributed by atoms with Gasteiger partial charge in [0.15, 0.2) is 5.96 Å². The molecule has 1 aromatic heterocycles. The van der Waals surface area contributed by atoms with Crippen LogP contribution in [0.1, 0.15) is 36.3 Å². The molecule has 0 bridgehead atoms. The van der Waals surface area contributed by atoms with Gasteiger partial charge in [0.2, 0.25) is 5.89 Å². The van der Waals surface area contributed by atoms with E-state index >= 15 is 0 Å². The number of nitrogens with one attached hydrogen (secondary N) is 2. The van der Waals surface area contributed by atoms with Crippen LogP contribution in [-0.4, -0.2) is 30.6 Å². The third-order valence-electron chi connectivity index (χ3n) is 3.80. The van der Waals surface area contributed by atoms with Gasteiger partial charge in [0, 0.05) is 18.1 Å². The van der Waals surface area contributed by atoms with E-state index in [1.165, 1.54) is 0 Å². The maximum atomic E-state index is 5.95. The molecule has 26 heavy (non-hydrogen) atoms. The second kappa shape index (κ2) is 10.1. The van der Waals surface area contributed by atoms with Crippen molar-refractivity contribution >= 4 is 17.6 Å². The molecule has 2 rings (SSSR count). The zero-order chi connectivity index (χ0) is 18.9. The van der Waals surface area contributed by atoms with E-state index in [1.807, 2.05) is 45.9 Å². The topological polar surface area (TPSA) is 71.7 Å². The number of halogens is 1. The van der Waals surface area contributed by atoms with E-state index in [0.29, 0.717) is 19.0 Å². The molecular formula is C19H27ClN4O2. The summed E-state index contributed by atoms with van der Waals surface area (Å²) in [5.41, 5.74) is 1.94. The number of hydrogen-bond donors (Lipinski definition) is 2. The number of rotatable bonds is 8. The number of guanidine groups is 1. The van der Waals surface area contributed by atoms with E-state index in [1.54, 1.807) is 0 Å². The van der Waals surface area contributed by atoms with Crippen molar-refractivity contribution < 1.29 is 9.15 Å². The summed E-state index contributed by atoms with van der Waals surface area (Å²) in [5, 5.41) is 7.22. The Morgan fingerprint density at radius 3 is 2.73 bits per heavy atom. The number of aliphatic imine (C=N–C) groups is 1. The first-order chi connectivity index (χ1) is 12.5. The van der Waals surface area contributed by atoms with E-state index in [4.69, 9.17) is 20.8 Å². The molecule has 0 saturated carbocycles. The minimum Gasteiger partial charge on any atom is -0.493 e. The van der Waals surface area contributed by atoms with Crippen molar-refractivity contribution in [3.05, 3.63) is 46.1 Å². The molecule has 142 valence electrons. The van der Waals surface area contributed by atoms with Crippen LogP contribution in [0.4, 0.5) is 0 Å². The van der Waals surface area contributed by atoms with Crippen molar-refractivity contribution in [2.45, 2.75) is 40.7 Å². The molecule has 0 radical (unpaired) electrons. The van der Waals surface area contributed by atoms with E-state index in [-0.39, 0.29) is 0 Å². The van der Waals surface area contributed by atoms with Gasteiger partial charge in [0.25, 0.3) is 0 Å². The van der Waals surface area contributed by atoms with Gasteiger partial charge in [-0.2, -0.15) is 0 Å². The molecule has 7 heteroatoms. The van der Waals surface area contributed by atoms with Gasteiger partial charge in [0.05, 0.1) is 12.3 Å². The largest absolute Gasteiger partial charge is 0.493 e. The zero-order valence-electron chi connectivity index (χ0n) is 15.9. The number of ether oxygens (including phenoxy) is 1. The fourth-order valence-corrected chi connectivity index (χ4v) is 2.56. The summed E-state index contributed by atoms with van der Waals surface area (Å²) < 4.78 is 11.3. The average molecular weight is 379 g/mol. The third-order valence-corrected chi connectivity index (χ3v) is 4.03. The molecule has 2 N–H and O–H groups in total. The first kappa shape index (κ1) is 20.1. The molecule has 0 aliphatic rings. The van der Waals surface area contributed by atoms with Crippen LogP contribution in [-0.2, 0) is 6.54 Å². The lowest BCUT2D eigenvalue weighted by molar-refractivity contribution is 0.309. The number of aromatic nitrogens is 1. The number of oxazole rings is 1. The molecule has 0 amide bonds. The molecule has 0 aliphatic carbocycles. The lowest BCUT2D eigenvalue weighted by Gasteiger charge is -2.12. The standard InChI is InChI=1S/C19H27ClN4O2/c1-5-21-19(23-12-18-24-14(3)15(4)26-18)22-9-6-10-25-17-8-7-16(20)11-13(17)2/h7-8,11H,5-6,9-10,12H2,1-4H3,(H2,21,22,23). The van der Waals surface area contributed by atoms with Gasteiger partial charge in [-0.25, -0.2) is 9.98 Å². The Kier molecular flexibility index (Phi) is 7.78. The van der Waals surface area contributed by atoms with Crippen LogP contribution in [0.15, 0.2) is 27.6 Å². The lowest BCUT2D eigenvalue weighted by Crippen LogP contribution is -2.38. The summed E-state index contributed by atoms with van der Waals surface area (Å²) in [6, 6.07) is 5.64. The highest BCUT2D eigenvalue weighted by molar-refractivity contribution is 6.30. The molecule has 0 spiro atoms. The second-order valence-electron chi connectivity index (χ2n) is 5.98. The smallest absolute Gasteiger partial charge is 0.216 e. The molecule has 1 aromatic carbocycles. The number of aryl methyl sites for hydroxylation is 3. The Labute approximate surface area is 160 Å². The highest BCUT2D eigenvalue weighted by atomic mass is 35.5. The molecule has 0 unspecified atom stereocenters. The second-order valence-corrected chi connectivity index (χ2v) is 6.42. The van der Waals surface area contributed by atoms with E-state index in [9.17, 15) is 0 Å². The summed E-state index contributed by atoms with van der Waals surface area (Å²) in [4.78, 5) is 8.84. The molecule has 0 fully saturated rings. The van der Waals surface area contributed by atoms with Gasteiger partial charge in [-0.1, -0.05) is 11.6 Å². The molecule has 1 heterocycles. The highest BCUT2D eigenvalue weighted by Gasteiger charge is 2.05. The van der Waals surface area contributed by atoms with Crippen LogP contribution in [0.25, 0.3) is 0 Å². The van der Waals surface area contributed by atoms with Gasteiger partial charge in [-0.15, -0.1) is 0 Å². The van der Waals surface area contributed by atoms with Crippen LogP contribution in [0.5, 0.6) is 5.75 Å². The van der Waals surface area contributed by atoms with E-state index < -0.39 is 0 Å². The predicted molar refractivity (Wildman–Crippen MR) is 105 cm³/mol. The Balaban J connectivity index is 1.76. The summed E-state index contributed by atoms with van der Waals surface area (Å²) >= 11 is 5.95. The highest BCUT2D eigenvalue weighted by Crippen LogP contribution is 2.21. The molecule has 2 aromatic rings. The van der Waals surface area contributed by atoms with E-state index in [2.05, 4.69) is 20.6 Å². The fourth-order valence-electron chi connectivity index (χ4n) is 2.33. The summed E-state index contributed by atoms with van der Waals surface area (Å²) in [7, 11) is 0. The Bertz CT molecular complexity index is 724. The van der Waals surface area contributed by atoms with Crippen molar-refractivity contribution in [1.29, 1.82) is 0 Å². The molecular weight excluding hydrogens is 352 g/mol. The minimum atomic E-state index is 0.407. The average Bonchev–Trinajstić information content (AvgIpc) is 2.92. The Morgan fingerprint density at radius 2 is 2.08 bits per heavy atom. The van der Waals surface area contributed by atoms with Crippen molar-refractivity contribution in [2.75, 3.05) is 19.7 Å². The third kappa shape index (κ3) is 6.26. The van der Waals surface area contributed by atoms with Gasteiger partial charge in [-0.05, 0) is 57.9 Å². The number of benzene rings is 1. The van der Waals surface area contributed by atoms with Crippen molar-refractivity contribution in [1.82, 2.24) is 15.6 Å². The Morgan fingerprint density at radius 1 is 1.27 bits per heavy atom. The zero-order valence-corrected chi connectivity index (χ0v) is 16.6. The molecule has 0 saturated heterocycles. The van der Waals surface area contributed by atoms with Crippen molar-refractivity contribution in [2.24, 2.45) is 4.99 Å². The van der Waals surface area contributed by atoms with Crippen LogP contribution in [0, 0.1) is 20.8 Å². The minimum absolute atomic E-state index is 0.407. The maximum absolute atomic E-state index is 5.95. The lowest BCUT2D eigenvalue weighted by atomic mass is 10.2. The molecule has 0 aliphatic heterocycles. The summed E-state index contributed by atoms with van der Waals surface area (Å²) in [5.74, 6) is 3.06. The van der Waals surface area contributed by atoms with Gasteiger partial charge < -0.3 is 19.8 Å². The van der Waals surface area contributed by atoms with Crippen LogP contribution < -0.4 is 15.4 Å². The van der Waals surface area contributed by atoms with Crippen molar-refractivity contribution in [3.63, 3.8) is 0 Å². The monoisotopic (exact) mass is 378 g/mol. The van der Waals surface area contributed by atoms with Gasteiger partial charge in [-0.3, -0.25) is 0 Å². The van der Waals surface area contributed by atoms with Crippen molar-refractivity contribution in [3.8, 4) is 5.75 Å². The maximum Gasteiger partial charge on any atom is 0.216 e. The first-order valence-electron chi connectivity index (χ1n) is 8.83. The van der Waals surface area contributed by atoms with Gasteiger partial charge >= 0.3 is 0 Å².